The summed E-state index contributed by atoms with van der Waals surface area (Å²) in [6.45, 7) is 2.01. The summed E-state index contributed by atoms with van der Waals surface area (Å²) in [5, 5.41) is 3.90. The van der Waals surface area contributed by atoms with Crippen molar-refractivity contribution in [1.29, 1.82) is 0 Å². The Morgan fingerprint density at radius 1 is 1.14 bits per heavy atom. The van der Waals surface area contributed by atoms with Crippen LogP contribution in [0.3, 0.4) is 0 Å². The zero-order valence-corrected chi connectivity index (χ0v) is 16.3. The normalized spacial score (nSPS) is 21.6. The number of nitrogens with zero attached hydrogens (tertiary/aromatic N) is 4. The molecule has 0 saturated carbocycles. The third kappa shape index (κ3) is 3.67. The fraction of sp³-hybridized carbons (Fsp3) is 0.500. The molecule has 2 aliphatic rings. The van der Waals surface area contributed by atoms with Gasteiger partial charge in [-0.25, -0.2) is 8.99 Å². The van der Waals surface area contributed by atoms with E-state index in [1.807, 2.05) is 11.9 Å². The van der Waals surface area contributed by atoms with Crippen LogP contribution < -0.4 is 0 Å². The maximum atomic E-state index is 13.4. The molecule has 1 aromatic heterocycles. The number of benzene rings is 1. The zero-order valence-electron chi connectivity index (χ0n) is 15.5. The number of likely N-dealkylation sites (N-methyl/N-ethyl adjacent to an activating group) is 1. The van der Waals surface area contributed by atoms with Crippen molar-refractivity contribution in [3.8, 4) is 5.69 Å². The summed E-state index contributed by atoms with van der Waals surface area (Å²) >= 11 is 0. The Labute approximate surface area is 163 Å². The summed E-state index contributed by atoms with van der Waals surface area (Å²) in [4.78, 5) is 1.98. The largest absolute Gasteiger partial charge is 0.435 e. The molecule has 0 aliphatic carbocycles. The van der Waals surface area contributed by atoms with Crippen molar-refractivity contribution in [1.82, 2.24) is 19.0 Å². The van der Waals surface area contributed by atoms with Gasteiger partial charge in [0.15, 0.2) is 5.69 Å². The minimum atomic E-state index is -4.48. The van der Waals surface area contributed by atoms with Gasteiger partial charge in [-0.3, -0.25) is 9.11 Å². The monoisotopic (exact) mass is 416 g/mol. The third-order valence-corrected chi connectivity index (χ3v) is 7.28. The van der Waals surface area contributed by atoms with Gasteiger partial charge in [-0.05, 0) is 37.6 Å². The first-order valence-corrected chi connectivity index (χ1v) is 10.8. The van der Waals surface area contributed by atoms with Crippen LogP contribution in [0.15, 0.2) is 24.3 Å². The minimum Gasteiger partial charge on any atom is -0.300 e. The molecule has 0 radical (unpaired) electrons. The van der Waals surface area contributed by atoms with Crippen molar-refractivity contribution in [2.45, 2.75) is 32.1 Å². The molecule has 0 atom stereocenters. The highest BCUT2D eigenvalue weighted by Crippen LogP contribution is 2.49. The van der Waals surface area contributed by atoms with E-state index in [1.165, 1.54) is 4.68 Å². The Hall–Kier alpha value is -1.59. The molecule has 2 aliphatic heterocycles. The van der Waals surface area contributed by atoms with E-state index < -0.39 is 22.6 Å². The zero-order chi connectivity index (χ0) is 20.1. The van der Waals surface area contributed by atoms with Crippen molar-refractivity contribution < 1.29 is 22.3 Å². The van der Waals surface area contributed by atoms with Crippen molar-refractivity contribution in [2.24, 2.45) is 0 Å². The van der Waals surface area contributed by atoms with Gasteiger partial charge < -0.3 is 4.90 Å². The summed E-state index contributed by atoms with van der Waals surface area (Å²) in [5.41, 5.74) is 1.49. The van der Waals surface area contributed by atoms with Crippen molar-refractivity contribution >= 4 is 10.8 Å². The summed E-state index contributed by atoms with van der Waals surface area (Å²) in [7, 11) is -0.814. The smallest absolute Gasteiger partial charge is 0.300 e. The van der Waals surface area contributed by atoms with E-state index in [0.717, 1.165) is 12.0 Å². The van der Waals surface area contributed by atoms with Crippen LogP contribution in [0.4, 0.5) is 13.2 Å². The lowest BCUT2D eigenvalue weighted by molar-refractivity contribution is -0.142. The van der Waals surface area contributed by atoms with E-state index in [4.69, 9.17) is 0 Å². The van der Waals surface area contributed by atoms with E-state index >= 15 is 0 Å². The Morgan fingerprint density at radius 2 is 1.86 bits per heavy atom. The van der Waals surface area contributed by atoms with E-state index in [0.29, 0.717) is 49.7 Å². The molecule has 4 rings (SSSR count). The van der Waals surface area contributed by atoms with Gasteiger partial charge in [0.25, 0.3) is 0 Å². The molecule has 154 valence electrons. The lowest BCUT2D eigenvalue weighted by atomic mass is 10.0. The quantitative estimate of drug-likeness (QED) is 0.798. The fourth-order valence-electron chi connectivity index (χ4n) is 3.83. The van der Waals surface area contributed by atoms with Gasteiger partial charge >= 0.3 is 6.18 Å². The summed E-state index contributed by atoms with van der Waals surface area (Å²) in [5.74, 6) is 0.387. The van der Waals surface area contributed by atoms with E-state index in [9.17, 15) is 22.3 Å². The molecule has 0 unspecified atom stereocenters. The van der Waals surface area contributed by atoms with Crippen molar-refractivity contribution in [3.05, 3.63) is 46.8 Å². The van der Waals surface area contributed by atoms with Crippen LogP contribution in [-0.2, 0) is 25.7 Å². The lowest BCUT2D eigenvalue weighted by Crippen LogP contribution is -2.28. The average molecular weight is 416 g/mol. The van der Waals surface area contributed by atoms with Crippen molar-refractivity contribution in [2.75, 3.05) is 25.9 Å². The molecule has 6 nitrogen and oxygen atoms in total. The average Bonchev–Trinajstić information content (AvgIpc) is 3.15. The van der Waals surface area contributed by atoms with Gasteiger partial charge in [0.2, 0.25) is 0 Å². The maximum Gasteiger partial charge on any atom is 0.435 e. The van der Waals surface area contributed by atoms with Gasteiger partial charge in [-0.1, -0.05) is 12.1 Å². The van der Waals surface area contributed by atoms with Crippen LogP contribution in [0.1, 0.15) is 28.9 Å². The first-order chi connectivity index (χ1) is 13.1. The minimum absolute atomic E-state index is 0.278. The van der Waals surface area contributed by atoms with Crippen LogP contribution >= 0.6 is 10.8 Å². The second-order valence-electron chi connectivity index (χ2n) is 7.39. The van der Waals surface area contributed by atoms with Crippen LogP contribution in [0, 0.1) is 0 Å². The third-order valence-electron chi connectivity index (χ3n) is 5.30. The molecule has 0 spiro atoms. The molecule has 0 bridgehead atoms. The van der Waals surface area contributed by atoms with Gasteiger partial charge in [0.1, 0.15) is 0 Å². The second kappa shape index (κ2) is 7.03. The Balaban J connectivity index is 1.63. The predicted octanol–water partition coefficient (Wildman–Crippen LogP) is 3.75. The fourth-order valence-corrected chi connectivity index (χ4v) is 5.38. The highest BCUT2D eigenvalue weighted by Gasteiger charge is 2.40. The lowest BCUT2D eigenvalue weighted by Gasteiger charge is -2.36. The maximum absolute atomic E-state index is 13.4. The topological polar surface area (TPSA) is 64.8 Å². The second-order valence-corrected chi connectivity index (χ2v) is 9.58. The van der Waals surface area contributed by atoms with E-state index in [1.54, 1.807) is 28.6 Å². The first-order valence-electron chi connectivity index (χ1n) is 9.12. The highest BCUT2D eigenvalue weighted by molar-refractivity contribution is 8.22. The van der Waals surface area contributed by atoms with Gasteiger partial charge in [0, 0.05) is 31.7 Å². The molecule has 0 amide bonds. The van der Waals surface area contributed by atoms with Gasteiger partial charge in [-0.15, -0.1) is 10.8 Å². The van der Waals surface area contributed by atoms with Crippen LogP contribution in [0.5, 0.6) is 0 Å². The number of rotatable bonds is 3. The molecule has 2 aromatic rings. The standard InChI is InChI=1S/C18H23F3N4O2S/c1-23-9-7-15-16(12-23)25(22-17(15)18(19,20)21)14-5-3-13(4-6-14)11-24-8-2-10-28(24,26)27/h3-6,26-27H,2,7-12H2,1H3. The van der Waals surface area contributed by atoms with Crippen LogP contribution in [0.25, 0.3) is 5.69 Å². The molecule has 1 fully saturated rings. The Morgan fingerprint density at radius 3 is 2.46 bits per heavy atom. The van der Waals surface area contributed by atoms with Crippen LogP contribution in [-0.4, -0.2) is 54.0 Å². The number of hydrogen-bond acceptors (Lipinski definition) is 5. The molecular weight excluding hydrogens is 393 g/mol. The SMILES string of the molecule is CN1CCc2c(C(F)(F)F)nn(-c3ccc(CN4CCCS4(O)O)cc3)c2C1. The number of fused-ring (bicyclic) bond motifs is 1. The number of aromatic nitrogens is 2. The summed E-state index contributed by atoms with van der Waals surface area (Å²) in [6, 6.07) is 7.08. The molecular formula is C18H23F3N4O2S. The number of alkyl halides is 3. The van der Waals surface area contributed by atoms with Gasteiger partial charge in [0.05, 0.1) is 17.1 Å². The molecule has 1 aromatic carbocycles. The highest BCUT2D eigenvalue weighted by atomic mass is 32.3. The first kappa shape index (κ1) is 19.7. The summed E-state index contributed by atoms with van der Waals surface area (Å²) in [6.07, 6.45) is -3.41. The molecule has 2 N–H and O–H groups in total. The van der Waals surface area contributed by atoms with Gasteiger partial charge in [-0.2, -0.15) is 18.3 Å². The molecule has 1 saturated heterocycles. The Kier molecular flexibility index (Phi) is 4.95. The van der Waals surface area contributed by atoms with Crippen LogP contribution in [0.2, 0.25) is 0 Å². The Bertz CT molecular complexity index is 867. The van der Waals surface area contributed by atoms with Crippen molar-refractivity contribution in [3.63, 3.8) is 0 Å². The molecule has 10 heteroatoms. The summed E-state index contributed by atoms with van der Waals surface area (Å²) < 4.78 is 63.4. The van der Waals surface area contributed by atoms with E-state index in [-0.39, 0.29) is 5.56 Å². The number of hydrogen-bond donors (Lipinski definition) is 2. The van der Waals surface area contributed by atoms with E-state index in [2.05, 4.69) is 5.10 Å². The predicted molar refractivity (Wildman–Crippen MR) is 101 cm³/mol. The molecule has 3 heterocycles. The number of halogens is 3. The molecule has 28 heavy (non-hydrogen) atoms.